The summed E-state index contributed by atoms with van der Waals surface area (Å²) >= 11 is 0. The van der Waals surface area contributed by atoms with E-state index < -0.39 is 23.2 Å². The molecule has 1 saturated carbocycles. The van der Waals surface area contributed by atoms with Gasteiger partial charge < -0.3 is 4.74 Å². The minimum Gasteiger partial charge on any atom is -0.423 e. The minimum absolute atomic E-state index is 0.0215. The zero-order valence-corrected chi connectivity index (χ0v) is 19.5. The minimum atomic E-state index is -1.16. The largest absolute Gasteiger partial charge is 0.423 e. The number of benzene rings is 3. The lowest BCUT2D eigenvalue weighted by Gasteiger charge is -2.29. The van der Waals surface area contributed by atoms with Gasteiger partial charge in [0.1, 0.15) is 11.6 Å². The van der Waals surface area contributed by atoms with Crippen molar-refractivity contribution in [3.05, 3.63) is 88.7 Å². The molecule has 1 aliphatic rings. The van der Waals surface area contributed by atoms with Gasteiger partial charge in [0.2, 0.25) is 0 Å². The van der Waals surface area contributed by atoms with Gasteiger partial charge in [-0.15, -0.1) is 0 Å². The zero-order valence-electron chi connectivity index (χ0n) is 19.5. The number of rotatable bonds is 6. The fraction of sp³-hybridized carbons (Fsp3) is 0.345. The van der Waals surface area contributed by atoms with Crippen LogP contribution < -0.4 is 4.74 Å². The molecule has 0 amide bonds. The van der Waals surface area contributed by atoms with Crippen LogP contribution in [-0.4, -0.2) is 5.97 Å². The SMILES string of the molecule is CCCC1CCC(c2ccc(C(=O)Oc3ccc(-c4ccc(C)c(F)c4)cc3)c(F)c2F)CC1. The molecule has 4 rings (SSSR count). The molecule has 0 heterocycles. The third kappa shape index (κ3) is 5.19. The highest BCUT2D eigenvalue weighted by molar-refractivity contribution is 5.91. The van der Waals surface area contributed by atoms with Gasteiger partial charge in [0.25, 0.3) is 0 Å². The predicted octanol–water partition coefficient (Wildman–Crippen LogP) is 8.37. The van der Waals surface area contributed by atoms with Crippen LogP contribution in [0.3, 0.4) is 0 Å². The molecule has 0 aliphatic heterocycles. The lowest BCUT2D eigenvalue weighted by atomic mass is 9.77. The Morgan fingerprint density at radius 2 is 1.56 bits per heavy atom. The lowest BCUT2D eigenvalue weighted by molar-refractivity contribution is 0.0728. The molecule has 178 valence electrons. The summed E-state index contributed by atoms with van der Waals surface area (Å²) in [5.41, 5.74) is 1.91. The Hall–Kier alpha value is -3.08. The molecule has 0 N–H and O–H groups in total. The molecule has 0 saturated heterocycles. The van der Waals surface area contributed by atoms with E-state index in [0.717, 1.165) is 37.7 Å². The molecule has 0 atom stereocenters. The van der Waals surface area contributed by atoms with Crippen molar-refractivity contribution >= 4 is 5.97 Å². The summed E-state index contributed by atoms with van der Waals surface area (Å²) in [5, 5.41) is 0. The van der Waals surface area contributed by atoms with E-state index in [1.54, 1.807) is 43.3 Å². The number of hydrogen-bond acceptors (Lipinski definition) is 2. The van der Waals surface area contributed by atoms with E-state index in [2.05, 4.69) is 6.92 Å². The molecule has 3 aromatic carbocycles. The fourth-order valence-corrected chi connectivity index (χ4v) is 4.86. The molecule has 0 spiro atoms. The Labute approximate surface area is 198 Å². The molecule has 0 bridgehead atoms. The third-order valence-corrected chi connectivity index (χ3v) is 6.89. The first-order valence-electron chi connectivity index (χ1n) is 11.9. The van der Waals surface area contributed by atoms with Crippen molar-refractivity contribution in [2.45, 2.75) is 58.3 Å². The fourth-order valence-electron chi connectivity index (χ4n) is 4.86. The normalized spacial score (nSPS) is 18.0. The van der Waals surface area contributed by atoms with E-state index >= 15 is 0 Å². The summed E-state index contributed by atoms with van der Waals surface area (Å²) in [7, 11) is 0. The molecule has 2 nitrogen and oxygen atoms in total. The summed E-state index contributed by atoms with van der Waals surface area (Å²) < 4.78 is 48.8. The van der Waals surface area contributed by atoms with Crippen LogP contribution in [0.2, 0.25) is 0 Å². The van der Waals surface area contributed by atoms with Gasteiger partial charge in [0.15, 0.2) is 11.6 Å². The van der Waals surface area contributed by atoms with Gasteiger partial charge in [-0.3, -0.25) is 0 Å². The summed E-state index contributed by atoms with van der Waals surface area (Å²) in [4.78, 5) is 12.5. The number of hydrogen-bond donors (Lipinski definition) is 0. The number of aryl methyl sites for hydroxylation is 1. The van der Waals surface area contributed by atoms with Crippen LogP contribution in [0.5, 0.6) is 5.75 Å². The quantitative estimate of drug-likeness (QED) is 0.269. The maximum atomic E-state index is 14.9. The standard InChI is InChI=1S/C29H29F3O2/c1-3-4-19-6-9-21(10-7-19)24-15-16-25(28(32)27(24)31)29(33)34-23-13-11-20(12-14-23)22-8-5-18(2)26(30)17-22/h5,8,11-17,19,21H,3-4,6-7,9-10H2,1-2H3. The number of ether oxygens (including phenoxy) is 1. The Bertz CT molecular complexity index is 1160. The molecule has 1 aliphatic carbocycles. The highest BCUT2D eigenvalue weighted by Gasteiger charge is 2.27. The first-order valence-corrected chi connectivity index (χ1v) is 11.9. The molecule has 1 fully saturated rings. The van der Waals surface area contributed by atoms with Crippen molar-refractivity contribution in [2.75, 3.05) is 0 Å². The first-order chi connectivity index (χ1) is 16.4. The monoisotopic (exact) mass is 466 g/mol. The topological polar surface area (TPSA) is 26.3 Å². The van der Waals surface area contributed by atoms with Crippen LogP contribution in [0.4, 0.5) is 13.2 Å². The second-order valence-electron chi connectivity index (χ2n) is 9.21. The van der Waals surface area contributed by atoms with E-state index in [-0.39, 0.29) is 17.5 Å². The van der Waals surface area contributed by atoms with Crippen molar-refractivity contribution in [3.8, 4) is 16.9 Å². The number of halogens is 3. The average Bonchev–Trinajstić information content (AvgIpc) is 2.84. The van der Waals surface area contributed by atoms with Crippen LogP contribution in [0.15, 0.2) is 54.6 Å². The van der Waals surface area contributed by atoms with Crippen LogP contribution >= 0.6 is 0 Å². The summed E-state index contributed by atoms with van der Waals surface area (Å²) in [6.45, 7) is 3.85. The van der Waals surface area contributed by atoms with Gasteiger partial charge in [0, 0.05) is 0 Å². The third-order valence-electron chi connectivity index (χ3n) is 6.89. The first kappa shape index (κ1) is 24.1. The van der Waals surface area contributed by atoms with Crippen LogP contribution in [0.25, 0.3) is 11.1 Å². The smallest absolute Gasteiger partial charge is 0.346 e. The van der Waals surface area contributed by atoms with Gasteiger partial charge in [-0.05, 0) is 91.0 Å². The van der Waals surface area contributed by atoms with Crippen molar-refractivity contribution < 1.29 is 22.7 Å². The predicted molar refractivity (Wildman–Crippen MR) is 127 cm³/mol. The molecule has 34 heavy (non-hydrogen) atoms. The van der Waals surface area contributed by atoms with E-state index in [1.807, 2.05) is 0 Å². The van der Waals surface area contributed by atoms with Crippen LogP contribution in [0, 0.1) is 30.3 Å². The van der Waals surface area contributed by atoms with E-state index in [1.165, 1.54) is 24.6 Å². The molecule has 0 aromatic heterocycles. The molecular formula is C29H29F3O2. The van der Waals surface area contributed by atoms with E-state index in [0.29, 0.717) is 22.6 Å². The van der Waals surface area contributed by atoms with E-state index in [9.17, 15) is 18.0 Å². The Kier molecular flexibility index (Phi) is 7.40. The van der Waals surface area contributed by atoms with Gasteiger partial charge in [-0.25, -0.2) is 18.0 Å². The maximum Gasteiger partial charge on any atom is 0.346 e. The van der Waals surface area contributed by atoms with E-state index in [4.69, 9.17) is 4.74 Å². The van der Waals surface area contributed by atoms with Crippen molar-refractivity contribution in [1.29, 1.82) is 0 Å². The van der Waals surface area contributed by atoms with Crippen molar-refractivity contribution in [2.24, 2.45) is 5.92 Å². The summed E-state index contributed by atoms with van der Waals surface area (Å²) in [6.07, 6.45) is 6.03. The van der Waals surface area contributed by atoms with Gasteiger partial charge >= 0.3 is 5.97 Å². The zero-order chi connectivity index (χ0) is 24.2. The summed E-state index contributed by atoms with van der Waals surface area (Å²) in [6, 6.07) is 14.2. The second kappa shape index (κ2) is 10.5. The van der Waals surface area contributed by atoms with Crippen LogP contribution in [0.1, 0.15) is 72.9 Å². The Morgan fingerprint density at radius 3 is 2.21 bits per heavy atom. The van der Waals surface area contributed by atoms with Gasteiger partial charge in [0.05, 0.1) is 5.56 Å². The number of carbonyl (C=O) groups excluding carboxylic acids is 1. The second-order valence-corrected chi connectivity index (χ2v) is 9.21. The van der Waals surface area contributed by atoms with Gasteiger partial charge in [-0.2, -0.15) is 0 Å². The number of esters is 1. The van der Waals surface area contributed by atoms with Gasteiger partial charge in [-0.1, -0.05) is 50.1 Å². The lowest BCUT2D eigenvalue weighted by Crippen LogP contribution is -2.17. The average molecular weight is 467 g/mol. The van der Waals surface area contributed by atoms with Crippen LogP contribution in [-0.2, 0) is 0 Å². The molecule has 5 heteroatoms. The maximum absolute atomic E-state index is 14.9. The highest BCUT2D eigenvalue weighted by atomic mass is 19.2. The Balaban J connectivity index is 1.45. The Morgan fingerprint density at radius 1 is 0.882 bits per heavy atom. The molecule has 0 radical (unpaired) electrons. The molecular weight excluding hydrogens is 437 g/mol. The van der Waals surface area contributed by atoms with Crippen molar-refractivity contribution in [1.82, 2.24) is 0 Å². The summed E-state index contributed by atoms with van der Waals surface area (Å²) in [5.74, 6) is -2.53. The molecule has 0 unspecified atom stereocenters. The number of carbonyl (C=O) groups is 1. The molecule has 3 aromatic rings. The van der Waals surface area contributed by atoms with Crippen molar-refractivity contribution in [3.63, 3.8) is 0 Å². The highest BCUT2D eigenvalue weighted by Crippen LogP contribution is 2.39.